The highest BCUT2D eigenvalue weighted by molar-refractivity contribution is 7.19. The van der Waals surface area contributed by atoms with Gasteiger partial charge in [0.15, 0.2) is 5.88 Å². The van der Waals surface area contributed by atoms with Crippen LogP contribution in [0, 0.1) is 11.3 Å². The van der Waals surface area contributed by atoms with Gasteiger partial charge in [-0.3, -0.25) is 0 Å². The average Bonchev–Trinajstić information content (AvgIpc) is 3.25. The molecule has 2 atom stereocenters. The molecule has 1 fully saturated rings. The fourth-order valence-electron chi connectivity index (χ4n) is 3.22. The minimum absolute atomic E-state index is 0.167. The van der Waals surface area contributed by atoms with Gasteiger partial charge in [-0.2, -0.15) is 5.26 Å². The van der Waals surface area contributed by atoms with E-state index in [0.717, 1.165) is 29.2 Å². The minimum atomic E-state index is 0.167. The molecule has 2 aromatic heterocycles. The van der Waals surface area contributed by atoms with Gasteiger partial charge in [0.2, 0.25) is 0 Å². The van der Waals surface area contributed by atoms with E-state index in [-0.39, 0.29) is 12.2 Å². The summed E-state index contributed by atoms with van der Waals surface area (Å²) in [6.07, 6.45) is 2.09. The number of anilines is 1. The maximum atomic E-state index is 9.57. The van der Waals surface area contributed by atoms with Crippen LogP contribution in [-0.4, -0.2) is 30.3 Å². The molecule has 6 heteroatoms. The Morgan fingerprint density at radius 1 is 1.23 bits per heavy atom. The van der Waals surface area contributed by atoms with E-state index < -0.39 is 0 Å². The molecule has 5 nitrogen and oxygen atoms in total. The molecule has 0 N–H and O–H groups in total. The summed E-state index contributed by atoms with van der Waals surface area (Å²) in [6.45, 7) is 5.72. The topological polar surface area (TPSA) is 62.3 Å². The van der Waals surface area contributed by atoms with Crippen molar-refractivity contribution in [1.82, 2.24) is 4.98 Å². The lowest BCUT2D eigenvalue weighted by atomic mass is 10.2. The maximum absolute atomic E-state index is 9.57. The summed E-state index contributed by atoms with van der Waals surface area (Å²) in [4.78, 5) is 6.74. The van der Waals surface area contributed by atoms with Crippen LogP contribution in [0.2, 0.25) is 0 Å². The average molecular weight is 365 g/mol. The molecule has 0 bridgehead atoms. The van der Waals surface area contributed by atoms with E-state index in [4.69, 9.17) is 9.15 Å². The van der Waals surface area contributed by atoms with E-state index >= 15 is 0 Å². The Morgan fingerprint density at radius 3 is 2.73 bits per heavy atom. The first-order valence-corrected chi connectivity index (χ1v) is 9.42. The summed E-state index contributed by atoms with van der Waals surface area (Å²) < 4.78 is 12.8. The van der Waals surface area contributed by atoms with Crippen LogP contribution < -0.4 is 4.90 Å². The van der Waals surface area contributed by atoms with Crippen molar-refractivity contribution in [3.63, 3.8) is 0 Å². The van der Waals surface area contributed by atoms with Gasteiger partial charge in [0, 0.05) is 25.2 Å². The zero-order chi connectivity index (χ0) is 18.1. The molecule has 4 rings (SSSR count). The molecule has 0 unspecified atom stereocenters. The standard InChI is InChI=1S/C20H19N3O2S/c1-13-11-23(12-14(2)24-13)19-8-7-16(25-19)9-15(10-21)20-22-17-5-3-4-6-18(17)26-20/h3-9,13-14H,11-12H2,1-2H3/b15-9+/t13-,14+. The lowest BCUT2D eigenvalue weighted by molar-refractivity contribution is -0.00641. The predicted molar refractivity (Wildman–Crippen MR) is 104 cm³/mol. The van der Waals surface area contributed by atoms with E-state index in [0.29, 0.717) is 16.3 Å². The highest BCUT2D eigenvalue weighted by Crippen LogP contribution is 2.29. The molecular formula is C20H19N3O2S. The Bertz CT molecular complexity index is 955. The molecule has 1 aliphatic rings. The number of nitriles is 1. The Labute approximate surface area is 156 Å². The van der Waals surface area contributed by atoms with Gasteiger partial charge in [0.05, 0.1) is 28.0 Å². The molecule has 0 radical (unpaired) electrons. The van der Waals surface area contributed by atoms with Crippen molar-refractivity contribution >= 4 is 39.1 Å². The molecule has 3 heterocycles. The van der Waals surface area contributed by atoms with Crippen molar-refractivity contribution in [2.75, 3.05) is 18.0 Å². The van der Waals surface area contributed by atoms with Gasteiger partial charge in [0.1, 0.15) is 16.8 Å². The van der Waals surface area contributed by atoms with Gasteiger partial charge in [-0.05, 0) is 32.0 Å². The minimum Gasteiger partial charge on any atom is -0.441 e. The summed E-state index contributed by atoms with van der Waals surface area (Å²) in [7, 11) is 0. The summed E-state index contributed by atoms with van der Waals surface area (Å²) in [5.41, 5.74) is 1.42. The largest absolute Gasteiger partial charge is 0.441 e. The molecule has 26 heavy (non-hydrogen) atoms. The number of nitrogens with zero attached hydrogens (tertiary/aromatic N) is 3. The van der Waals surface area contributed by atoms with Crippen molar-refractivity contribution in [2.45, 2.75) is 26.1 Å². The van der Waals surface area contributed by atoms with Crippen LogP contribution in [0.5, 0.6) is 0 Å². The van der Waals surface area contributed by atoms with Gasteiger partial charge >= 0.3 is 0 Å². The number of allylic oxidation sites excluding steroid dienone is 1. The van der Waals surface area contributed by atoms with Crippen molar-refractivity contribution in [1.29, 1.82) is 5.26 Å². The highest BCUT2D eigenvalue weighted by atomic mass is 32.1. The smallest absolute Gasteiger partial charge is 0.196 e. The number of aromatic nitrogens is 1. The number of thiazole rings is 1. The van der Waals surface area contributed by atoms with Crippen molar-refractivity contribution < 1.29 is 9.15 Å². The molecule has 0 amide bonds. The fraction of sp³-hybridized carbons (Fsp3) is 0.300. The van der Waals surface area contributed by atoms with Gasteiger partial charge in [-0.25, -0.2) is 4.98 Å². The molecule has 3 aromatic rings. The Balaban J connectivity index is 1.61. The van der Waals surface area contributed by atoms with Crippen LogP contribution in [-0.2, 0) is 4.74 Å². The highest BCUT2D eigenvalue weighted by Gasteiger charge is 2.24. The molecular weight excluding hydrogens is 346 g/mol. The van der Waals surface area contributed by atoms with Crippen LogP contribution in [0.3, 0.4) is 0 Å². The van der Waals surface area contributed by atoms with E-state index in [1.807, 2.05) is 36.4 Å². The van der Waals surface area contributed by atoms with Gasteiger partial charge in [-0.1, -0.05) is 12.1 Å². The van der Waals surface area contributed by atoms with Crippen LogP contribution in [0.25, 0.3) is 21.9 Å². The zero-order valence-corrected chi connectivity index (χ0v) is 15.5. The van der Waals surface area contributed by atoms with E-state index in [2.05, 4.69) is 29.8 Å². The number of furan rings is 1. The first-order valence-electron chi connectivity index (χ1n) is 8.60. The molecule has 1 aliphatic heterocycles. The SMILES string of the molecule is C[C@@H]1CN(c2ccc(/C=C(\C#N)c3nc4ccccc4s3)o2)C[C@H](C)O1. The van der Waals surface area contributed by atoms with Gasteiger partial charge < -0.3 is 14.1 Å². The van der Waals surface area contributed by atoms with Crippen LogP contribution in [0.1, 0.15) is 24.6 Å². The van der Waals surface area contributed by atoms with Crippen LogP contribution in [0.15, 0.2) is 40.8 Å². The number of ether oxygens (including phenoxy) is 1. The van der Waals surface area contributed by atoms with Crippen molar-refractivity contribution in [3.8, 4) is 6.07 Å². The summed E-state index contributed by atoms with van der Waals surface area (Å²) >= 11 is 1.51. The molecule has 0 spiro atoms. The molecule has 0 saturated carbocycles. The van der Waals surface area contributed by atoms with E-state index in [1.165, 1.54) is 11.3 Å². The molecule has 132 valence electrons. The second-order valence-corrected chi connectivity index (χ2v) is 7.53. The van der Waals surface area contributed by atoms with E-state index in [9.17, 15) is 5.26 Å². The summed E-state index contributed by atoms with van der Waals surface area (Å²) in [5, 5.41) is 10.3. The first-order chi connectivity index (χ1) is 12.6. The third-order valence-corrected chi connectivity index (χ3v) is 5.34. The number of benzene rings is 1. The quantitative estimate of drug-likeness (QED) is 0.636. The van der Waals surface area contributed by atoms with E-state index in [1.54, 1.807) is 6.08 Å². The normalized spacial score (nSPS) is 21.1. The molecule has 0 aliphatic carbocycles. The lowest BCUT2D eigenvalue weighted by Crippen LogP contribution is -2.45. The van der Waals surface area contributed by atoms with Crippen molar-refractivity contribution in [3.05, 3.63) is 47.2 Å². The Morgan fingerprint density at radius 2 is 2.00 bits per heavy atom. The second kappa shape index (κ2) is 6.94. The lowest BCUT2D eigenvalue weighted by Gasteiger charge is -2.35. The number of hydrogen-bond donors (Lipinski definition) is 0. The maximum Gasteiger partial charge on any atom is 0.196 e. The first kappa shape index (κ1) is 16.8. The number of para-hydroxylation sites is 1. The second-order valence-electron chi connectivity index (χ2n) is 6.49. The number of fused-ring (bicyclic) bond motifs is 1. The fourth-order valence-corrected chi connectivity index (χ4v) is 4.15. The van der Waals surface area contributed by atoms with Crippen LogP contribution >= 0.6 is 11.3 Å². The van der Waals surface area contributed by atoms with Gasteiger partial charge in [0.25, 0.3) is 0 Å². The number of hydrogen-bond acceptors (Lipinski definition) is 6. The van der Waals surface area contributed by atoms with Crippen LogP contribution in [0.4, 0.5) is 5.88 Å². The summed E-state index contributed by atoms with van der Waals surface area (Å²) in [5.74, 6) is 1.46. The van der Waals surface area contributed by atoms with Crippen molar-refractivity contribution in [2.24, 2.45) is 0 Å². The third kappa shape index (κ3) is 3.36. The summed E-state index contributed by atoms with van der Waals surface area (Å²) in [6, 6.07) is 14.0. The molecule has 1 aromatic carbocycles. The number of morpholine rings is 1. The predicted octanol–water partition coefficient (Wildman–Crippen LogP) is 4.57. The zero-order valence-electron chi connectivity index (χ0n) is 14.7. The Hall–Kier alpha value is -2.62. The monoisotopic (exact) mass is 365 g/mol. The molecule has 1 saturated heterocycles. The van der Waals surface area contributed by atoms with Gasteiger partial charge in [-0.15, -0.1) is 11.3 Å². The third-order valence-electron chi connectivity index (χ3n) is 4.28. The Kier molecular flexibility index (Phi) is 4.49. The number of rotatable bonds is 3.